The molecule has 0 bridgehead atoms. The Morgan fingerprint density at radius 1 is 0.943 bits per heavy atom. The van der Waals surface area contributed by atoms with E-state index < -0.39 is 19.9 Å². The molecule has 0 spiro atoms. The highest BCUT2D eigenvalue weighted by Gasteiger charge is 2.31. The van der Waals surface area contributed by atoms with Gasteiger partial charge in [0.05, 0.1) is 20.9 Å². The number of hydrogen-bond acceptors (Lipinski definition) is 5. The quantitative estimate of drug-likeness (QED) is 0.326. The lowest BCUT2D eigenvalue weighted by atomic mass is 10.1. The molecule has 6 nitrogen and oxygen atoms in total. The van der Waals surface area contributed by atoms with Crippen molar-refractivity contribution in [3.63, 3.8) is 0 Å². The summed E-state index contributed by atoms with van der Waals surface area (Å²) in [7, 11) is -6.91. The summed E-state index contributed by atoms with van der Waals surface area (Å²) in [5.41, 5.74) is 0.337. The lowest BCUT2D eigenvalue weighted by Crippen LogP contribution is -2.40. The second-order valence-corrected chi connectivity index (χ2v) is 14.5. The van der Waals surface area contributed by atoms with Crippen molar-refractivity contribution in [1.82, 2.24) is 4.90 Å². The molecule has 0 saturated carbocycles. The van der Waals surface area contributed by atoms with Crippen LogP contribution in [0.15, 0.2) is 47.4 Å². The highest BCUT2D eigenvalue weighted by atomic mass is 35.5. The predicted octanol–water partition coefficient (Wildman–Crippen LogP) is 5.91. The normalized spacial score (nSPS) is 16.8. The van der Waals surface area contributed by atoms with Crippen molar-refractivity contribution in [2.75, 3.05) is 30.2 Å². The molecule has 1 heterocycles. The molecule has 1 unspecified atom stereocenters. The highest BCUT2D eigenvalue weighted by molar-refractivity contribution is 7.93. The summed E-state index contributed by atoms with van der Waals surface area (Å²) in [4.78, 5) is 2.40. The van der Waals surface area contributed by atoms with Crippen LogP contribution in [0.5, 0.6) is 0 Å². The van der Waals surface area contributed by atoms with Crippen molar-refractivity contribution in [2.45, 2.75) is 55.2 Å². The van der Waals surface area contributed by atoms with Gasteiger partial charge in [0.2, 0.25) is 0 Å². The zero-order valence-electron chi connectivity index (χ0n) is 19.8. The SMILES string of the molecule is CC(CCCCN1CCC(S(C)(=O)=O)CC1)N(c1cc(Cl)ccc1Cl)S(=O)(=O)c1ccc(Cl)cc1. The van der Waals surface area contributed by atoms with Crippen molar-refractivity contribution in [1.29, 1.82) is 0 Å². The van der Waals surface area contributed by atoms with Crippen LogP contribution in [0.3, 0.4) is 0 Å². The van der Waals surface area contributed by atoms with Gasteiger partial charge >= 0.3 is 0 Å². The Morgan fingerprint density at radius 3 is 2.14 bits per heavy atom. The molecule has 1 saturated heterocycles. The van der Waals surface area contributed by atoms with E-state index in [0.717, 1.165) is 32.5 Å². The molecule has 2 aromatic carbocycles. The van der Waals surface area contributed by atoms with Crippen molar-refractivity contribution >= 4 is 60.4 Å². The number of hydrogen-bond donors (Lipinski definition) is 0. The van der Waals surface area contributed by atoms with Gasteiger partial charge in [-0.2, -0.15) is 0 Å². The molecule has 1 fully saturated rings. The third kappa shape index (κ3) is 7.49. The maximum Gasteiger partial charge on any atom is 0.264 e. The Labute approximate surface area is 224 Å². The van der Waals surface area contributed by atoms with E-state index in [-0.39, 0.29) is 16.2 Å². The molecule has 0 amide bonds. The molecule has 1 aliphatic heterocycles. The first kappa shape index (κ1) is 28.5. The molecular weight excluding hydrogens is 551 g/mol. The molecule has 11 heteroatoms. The molecule has 1 aliphatic rings. The van der Waals surface area contributed by atoms with Crippen LogP contribution in [0.2, 0.25) is 15.1 Å². The second-order valence-electron chi connectivity index (χ2n) is 9.07. The zero-order chi connectivity index (χ0) is 25.8. The van der Waals surface area contributed by atoms with E-state index in [2.05, 4.69) is 4.90 Å². The highest BCUT2D eigenvalue weighted by Crippen LogP contribution is 2.35. The van der Waals surface area contributed by atoms with E-state index in [1.807, 2.05) is 6.92 Å². The van der Waals surface area contributed by atoms with Crippen LogP contribution in [0.1, 0.15) is 39.0 Å². The van der Waals surface area contributed by atoms with E-state index in [1.165, 1.54) is 22.7 Å². The number of piperidine rings is 1. The lowest BCUT2D eigenvalue weighted by Gasteiger charge is -2.32. The fourth-order valence-corrected chi connectivity index (χ4v) is 7.75. The molecule has 0 aromatic heterocycles. The van der Waals surface area contributed by atoms with Crippen LogP contribution < -0.4 is 4.31 Å². The van der Waals surface area contributed by atoms with Gasteiger partial charge in [-0.05, 0) is 94.7 Å². The Kier molecular flexibility index (Phi) is 9.79. The maximum absolute atomic E-state index is 13.7. The van der Waals surface area contributed by atoms with E-state index >= 15 is 0 Å². The molecule has 2 aromatic rings. The first-order valence-corrected chi connectivity index (χ1v) is 16.1. The summed E-state index contributed by atoms with van der Waals surface area (Å²) in [6.45, 7) is 4.25. The van der Waals surface area contributed by atoms with Crippen molar-refractivity contribution < 1.29 is 16.8 Å². The van der Waals surface area contributed by atoms with Gasteiger partial charge in [-0.3, -0.25) is 4.31 Å². The minimum absolute atomic E-state index is 0.124. The minimum Gasteiger partial charge on any atom is -0.303 e. The molecule has 35 heavy (non-hydrogen) atoms. The monoisotopic (exact) mass is 580 g/mol. The van der Waals surface area contributed by atoms with Crippen LogP contribution in [-0.4, -0.2) is 58.9 Å². The van der Waals surface area contributed by atoms with Gasteiger partial charge in [0.25, 0.3) is 10.0 Å². The topological polar surface area (TPSA) is 74.8 Å². The fraction of sp³-hybridized carbons (Fsp3) is 0.500. The van der Waals surface area contributed by atoms with E-state index in [9.17, 15) is 16.8 Å². The number of anilines is 1. The average molecular weight is 582 g/mol. The molecule has 0 radical (unpaired) electrons. The van der Waals surface area contributed by atoms with E-state index in [0.29, 0.717) is 40.0 Å². The smallest absolute Gasteiger partial charge is 0.264 e. The van der Waals surface area contributed by atoms with Gasteiger partial charge in [0, 0.05) is 22.3 Å². The third-order valence-corrected chi connectivity index (χ3v) is 10.8. The number of benzene rings is 2. The Morgan fingerprint density at radius 2 is 1.54 bits per heavy atom. The Hall–Kier alpha value is -1.03. The van der Waals surface area contributed by atoms with E-state index in [4.69, 9.17) is 34.8 Å². The van der Waals surface area contributed by atoms with Crippen molar-refractivity contribution in [3.8, 4) is 0 Å². The Bertz CT molecular complexity index is 1210. The van der Waals surface area contributed by atoms with Crippen LogP contribution >= 0.6 is 34.8 Å². The van der Waals surface area contributed by atoms with Gasteiger partial charge < -0.3 is 4.90 Å². The van der Waals surface area contributed by atoms with Crippen LogP contribution in [0.4, 0.5) is 5.69 Å². The average Bonchev–Trinajstić information content (AvgIpc) is 2.79. The Balaban J connectivity index is 1.69. The van der Waals surface area contributed by atoms with Gasteiger partial charge in [-0.1, -0.05) is 41.2 Å². The number of unbranched alkanes of at least 4 members (excludes halogenated alkanes) is 1. The third-order valence-electron chi connectivity index (χ3n) is 6.40. The molecule has 3 rings (SSSR count). The minimum atomic E-state index is -3.92. The number of likely N-dealkylation sites (tertiary alicyclic amines) is 1. The molecule has 0 N–H and O–H groups in total. The first-order valence-electron chi connectivity index (χ1n) is 11.6. The largest absolute Gasteiger partial charge is 0.303 e. The van der Waals surface area contributed by atoms with E-state index in [1.54, 1.807) is 30.3 Å². The molecule has 194 valence electrons. The van der Waals surface area contributed by atoms with Gasteiger partial charge in [-0.25, -0.2) is 16.8 Å². The molecular formula is C24H31Cl3N2O4S2. The summed E-state index contributed by atoms with van der Waals surface area (Å²) in [6.07, 6.45) is 4.94. The van der Waals surface area contributed by atoms with Crippen molar-refractivity contribution in [3.05, 3.63) is 57.5 Å². The fourth-order valence-electron chi connectivity index (χ4n) is 4.43. The summed E-state index contributed by atoms with van der Waals surface area (Å²) >= 11 is 18.6. The molecule has 0 aliphatic carbocycles. The summed E-state index contributed by atoms with van der Waals surface area (Å²) in [6, 6.07) is 10.5. The number of sulfonamides is 1. The number of halogens is 3. The standard InChI is InChI=1S/C24H31Cl3N2O4S2/c1-18(5-3-4-14-28-15-12-21(13-16-28)34(2,30)31)29(24-17-20(26)8-11-23(24)27)35(32,33)22-9-6-19(25)7-10-22/h6-11,17-18,21H,3-5,12-16H2,1-2H3. The maximum atomic E-state index is 13.7. The first-order chi connectivity index (χ1) is 16.4. The summed E-state index contributed by atoms with van der Waals surface area (Å²) < 4.78 is 52.2. The lowest BCUT2D eigenvalue weighted by molar-refractivity contribution is 0.225. The number of sulfone groups is 1. The second kappa shape index (κ2) is 12.0. The van der Waals surface area contributed by atoms with Crippen molar-refractivity contribution in [2.24, 2.45) is 0 Å². The molecule has 1 atom stereocenters. The van der Waals surface area contributed by atoms with Gasteiger partial charge in [0.15, 0.2) is 0 Å². The zero-order valence-corrected chi connectivity index (χ0v) is 23.7. The van der Waals surface area contributed by atoms with Gasteiger partial charge in [-0.15, -0.1) is 0 Å². The summed E-state index contributed by atoms with van der Waals surface area (Å²) in [5.74, 6) is 0. The van der Waals surface area contributed by atoms with Crippen LogP contribution in [0.25, 0.3) is 0 Å². The number of rotatable bonds is 10. The van der Waals surface area contributed by atoms with Crippen LogP contribution in [0, 0.1) is 0 Å². The summed E-state index contributed by atoms with van der Waals surface area (Å²) in [5, 5.41) is 0.899. The van der Waals surface area contributed by atoms with Gasteiger partial charge in [0.1, 0.15) is 9.84 Å². The van der Waals surface area contributed by atoms with Crippen LogP contribution in [-0.2, 0) is 19.9 Å². The predicted molar refractivity (Wildman–Crippen MR) is 145 cm³/mol. The number of nitrogens with zero attached hydrogens (tertiary/aromatic N) is 2.